The molecule has 0 saturated heterocycles. The van der Waals surface area contributed by atoms with Crippen LogP contribution in [0.1, 0.15) is 24.5 Å². The first-order valence-corrected chi connectivity index (χ1v) is 8.29. The molecular formula is C11H13N7OS2. The molecule has 3 rings (SSSR count). The number of tetrazole rings is 1. The lowest BCUT2D eigenvalue weighted by Crippen LogP contribution is -2.15. The van der Waals surface area contributed by atoms with Gasteiger partial charge in [0.05, 0.1) is 5.69 Å². The van der Waals surface area contributed by atoms with Crippen molar-refractivity contribution in [3.8, 4) is 0 Å². The summed E-state index contributed by atoms with van der Waals surface area (Å²) in [5.74, 6) is 0.547. The molecule has 8 nitrogen and oxygen atoms in total. The third-order valence-corrected chi connectivity index (χ3v) is 4.83. The topological polar surface area (TPSA) is 90.9 Å². The van der Waals surface area contributed by atoms with E-state index >= 15 is 0 Å². The number of aromatic nitrogens is 7. The quantitative estimate of drug-likeness (QED) is 0.647. The van der Waals surface area contributed by atoms with E-state index in [1.165, 1.54) is 33.7 Å². The predicted octanol–water partition coefficient (Wildman–Crippen LogP) is 1.01. The van der Waals surface area contributed by atoms with Crippen molar-refractivity contribution in [1.29, 1.82) is 0 Å². The van der Waals surface area contributed by atoms with E-state index in [9.17, 15) is 4.79 Å². The first kappa shape index (κ1) is 14.1. The van der Waals surface area contributed by atoms with Crippen LogP contribution in [0.5, 0.6) is 0 Å². The number of hydrogen-bond donors (Lipinski definition) is 0. The maximum Gasteiger partial charge on any atom is 0.275 e. The lowest BCUT2D eigenvalue weighted by molar-refractivity contribution is 0.581. The Labute approximate surface area is 128 Å². The van der Waals surface area contributed by atoms with Gasteiger partial charge in [0.1, 0.15) is 5.01 Å². The Kier molecular flexibility index (Phi) is 3.97. The lowest BCUT2D eigenvalue weighted by Gasteiger charge is -2.00. The minimum absolute atomic E-state index is 0.151. The Morgan fingerprint density at radius 3 is 3.00 bits per heavy atom. The van der Waals surface area contributed by atoms with Crippen molar-refractivity contribution in [3.05, 3.63) is 27.1 Å². The van der Waals surface area contributed by atoms with Crippen molar-refractivity contribution in [2.45, 2.75) is 37.7 Å². The van der Waals surface area contributed by atoms with E-state index in [1.54, 1.807) is 4.68 Å². The summed E-state index contributed by atoms with van der Waals surface area (Å²) < 4.78 is 3.06. The highest BCUT2D eigenvalue weighted by molar-refractivity contribution is 7.98. The fourth-order valence-electron chi connectivity index (χ4n) is 1.75. The van der Waals surface area contributed by atoms with Gasteiger partial charge in [0.15, 0.2) is 0 Å². The highest BCUT2D eigenvalue weighted by Gasteiger charge is 2.10. The van der Waals surface area contributed by atoms with Gasteiger partial charge in [-0.25, -0.2) is 9.67 Å². The van der Waals surface area contributed by atoms with Gasteiger partial charge in [-0.3, -0.25) is 4.79 Å². The van der Waals surface area contributed by atoms with Crippen LogP contribution in [0.15, 0.2) is 16.0 Å². The fourth-order valence-corrected chi connectivity index (χ4v) is 3.44. The maximum absolute atomic E-state index is 12.0. The number of thioether (sulfide) groups is 1. The van der Waals surface area contributed by atoms with Crippen LogP contribution in [0.4, 0.5) is 0 Å². The van der Waals surface area contributed by atoms with E-state index in [-0.39, 0.29) is 5.56 Å². The molecule has 0 aliphatic heterocycles. The van der Waals surface area contributed by atoms with Gasteiger partial charge in [-0.1, -0.05) is 30.0 Å². The zero-order chi connectivity index (χ0) is 14.8. The molecule has 0 unspecified atom stereocenters. The van der Waals surface area contributed by atoms with Gasteiger partial charge < -0.3 is 0 Å². The number of fused-ring (bicyclic) bond motifs is 1. The van der Waals surface area contributed by atoms with Crippen molar-refractivity contribution < 1.29 is 0 Å². The molecule has 10 heteroatoms. The molecule has 0 N–H and O–H groups in total. The second kappa shape index (κ2) is 5.90. The van der Waals surface area contributed by atoms with E-state index in [2.05, 4.69) is 25.6 Å². The van der Waals surface area contributed by atoms with Gasteiger partial charge in [-0.15, -0.1) is 5.10 Å². The summed E-state index contributed by atoms with van der Waals surface area (Å²) in [6, 6.07) is 1.51. The zero-order valence-corrected chi connectivity index (χ0v) is 13.2. The van der Waals surface area contributed by atoms with Crippen LogP contribution in [-0.4, -0.2) is 34.8 Å². The average Bonchev–Trinajstić information content (AvgIpc) is 3.11. The Hall–Kier alpha value is -1.81. The summed E-state index contributed by atoms with van der Waals surface area (Å²) >= 11 is 2.90. The van der Waals surface area contributed by atoms with E-state index < -0.39 is 0 Å². The fraction of sp³-hybridized carbons (Fsp3) is 0.455. The predicted molar refractivity (Wildman–Crippen MR) is 79.6 cm³/mol. The molecule has 0 radical (unpaired) electrons. The monoisotopic (exact) mass is 323 g/mol. The summed E-state index contributed by atoms with van der Waals surface area (Å²) in [7, 11) is 0. The Morgan fingerprint density at radius 1 is 1.38 bits per heavy atom. The molecule has 3 aromatic heterocycles. The number of rotatable bonds is 5. The second-order valence-electron chi connectivity index (χ2n) is 4.20. The summed E-state index contributed by atoms with van der Waals surface area (Å²) in [6.45, 7) is 4.68. The molecule has 21 heavy (non-hydrogen) atoms. The van der Waals surface area contributed by atoms with Crippen LogP contribution in [0.3, 0.4) is 0 Å². The molecule has 0 aliphatic rings. The number of nitrogens with zero attached hydrogens (tertiary/aromatic N) is 7. The van der Waals surface area contributed by atoms with Crippen LogP contribution < -0.4 is 5.56 Å². The normalized spacial score (nSPS) is 11.3. The molecule has 0 spiro atoms. The minimum Gasteiger partial charge on any atom is -0.267 e. The van der Waals surface area contributed by atoms with E-state index in [4.69, 9.17) is 0 Å². The van der Waals surface area contributed by atoms with E-state index in [1.807, 2.05) is 13.8 Å². The van der Waals surface area contributed by atoms with Crippen LogP contribution in [0.25, 0.3) is 4.96 Å². The molecule has 0 saturated carbocycles. The smallest absolute Gasteiger partial charge is 0.267 e. The number of hydrogen-bond acceptors (Lipinski definition) is 8. The molecular weight excluding hydrogens is 310 g/mol. The van der Waals surface area contributed by atoms with Gasteiger partial charge >= 0.3 is 0 Å². The van der Waals surface area contributed by atoms with Crippen molar-refractivity contribution in [2.75, 3.05) is 0 Å². The molecule has 0 atom stereocenters. The third-order valence-electron chi connectivity index (χ3n) is 2.79. The summed E-state index contributed by atoms with van der Waals surface area (Å²) in [4.78, 5) is 17.1. The minimum atomic E-state index is -0.151. The van der Waals surface area contributed by atoms with Crippen LogP contribution in [0, 0.1) is 0 Å². The summed E-state index contributed by atoms with van der Waals surface area (Å²) in [5.41, 5.74) is 0.559. The molecule has 0 aliphatic carbocycles. The van der Waals surface area contributed by atoms with Gasteiger partial charge in [0.25, 0.3) is 5.56 Å². The van der Waals surface area contributed by atoms with Crippen LogP contribution >= 0.6 is 23.1 Å². The third kappa shape index (κ3) is 2.81. The highest BCUT2D eigenvalue weighted by Crippen LogP contribution is 2.19. The number of aryl methyl sites for hydroxylation is 2. The Bertz CT molecular complexity index is 821. The SMILES string of the molecule is CCc1nn2c(=O)cc(CSc3nnnn3CC)nc2s1. The van der Waals surface area contributed by atoms with Crippen molar-refractivity contribution >= 4 is 28.1 Å². The van der Waals surface area contributed by atoms with Crippen molar-refractivity contribution in [2.24, 2.45) is 0 Å². The highest BCUT2D eigenvalue weighted by atomic mass is 32.2. The Balaban J connectivity index is 1.86. The Morgan fingerprint density at radius 2 is 2.24 bits per heavy atom. The molecule has 3 aromatic rings. The van der Waals surface area contributed by atoms with Gasteiger partial charge in [0, 0.05) is 18.4 Å². The standard InChI is InChI=1S/C11H13N7OS2/c1-3-8-14-18-9(19)5-7(12-10(18)21-8)6-20-11-13-15-16-17(11)4-2/h5H,3-4,6H2,1-2H3. The van der Waals surface area contributed by atoms with Crippen molar-refractivity contribution in [3.63, 3.8) is 0 Å². The van der Waals surface area contributed by atoms with Crippen LogP contribution in [0.2, 0.25) is 0 Å². The van der Waals surface area contributed by atoms with E-state index in [0.717, 1.165) is 16.6 Å². The maximum atomic E-state index is 12.0. The van der Waals surface area contributed by atoms with Gasteiger partial charge in [-0.2, -0.15) is 9.61 Å². The molecule has 3 heterocycles. The first-order valence-electron chi connectivity index (χ1n) is 6.49. The lowest BCUT2D eigenvalue weighted by atomic mass is 10.4. The van der Waals surface area contributed by atoms with Gasteiger partial charge in [0.2, 0.25) is 10.1 Å². The summed E-state index contributed by atoms with van der Waals surface area (Å²) in [5, 5.41) is 17.3. The average molecular weight is 323 g/mol. The summed E-state index contributed by atoms with van der Waals surface area (Å²) in [6.07, 6.45) is 0.794. The molecule has 0 amide bonds. The largest absolute Gasteiger partial charge is 0.275 e. The van der Waals surface area contributed by atoms with Gasteiger partial charge in [-0.05, 0) is 23.8 Å². The molecule has 110 valence electrons. The van der Waals surface area contributed by atoms with Crippen LogP contribution in [-0.2, 0) is 18.7 Å². The van der Waals surface area contributed by atoms with Crippen molar-refractivity contribution in [1.82, 2.24) is 34.8 Å². The first-order chi connectivity index (χ1) is 10.2. The molecule has 0 aromatic carbocycles. The molecule has 0 fully saturated rings. The second-order valence-corrected chi connectivity index (χ2v) is 6.18. The zero-order valence-electron chi connectivity index (χ0n) is 11.6. The molecule has 0 bridgehead atoms. The van der Waals surface area contributed by atoms with E-state index in [0.29, 0.717) is 23.0 Å².